The summed E-state index contributed by atoms with van der Waals surface area (Å²) in [5.74, 6) is 6.92. The van der Waals surface area contributed by atoms with Gasteiger partial charge in [-0.2, -0.15) is 5.10 Å². The van der Waals surface area contributed by atoms with Crippen LogP contribution in [-0.4, -0.2) is 22.3 Å². The number of nitrogens with zero attached hydrogens (tertiary/aromatic N) is 3. The Balaban J connectivity index is 1.79. The Morgan fingerprint density at radius 3 is 2.68 bits per heavy atom. The molecular weight excluding hydrogens is 357 g/mol. The van der Waals surface area contributed by atoms with E-state index < -0.39 is 0 Å². The van der Waals surface area contributed by atoms with Gasteiger partial charge in [-0.3, -0.25) is 0 Å². The third-order valence-corrected chi connectivity index (χ3v) is 4.64. The molecule has 0 bridgehead atoms. The molecule has 1 aromatic carbocycles. The van der Waals surface area contributed by atoms with Gasteiger partial charge in [-0.1, -0.05) is 29.8 Å². The van der Waals surface area contributed by atoms with Crippen LogP contribution in [0.1, 0.15) is 24.8 Å². The Hall–Kier alpha value is -2.24. The van der Waals surface area contributed by atoms with E-state index in [4.69, 9.17) is 29.0 Å². The standard InChI is InChI=1S/C18H19Cl2N5/c1-12(25-9-3-2-4-17(25)24-21)13-10-16(20)18(22-11-13)23-15-7-5-14(19)6-8-15/h5-8,10-11H,1-4,9,21H2,(H,22,23)/b24-17-. The predicted molar refractivity (Wildman–Crippen MR) is 105 cm³/mol. The Kier molecular flexibility index (Phi) is 5.46. The van der Waals surface area contributed by atoms with E-state index in [9.17, 15) is 0 Å². The molecule has 0 saturated carbocycles. The van der Waals surface area contributed by atoms with E-state index in [2.05, 4.69) is 22.0 Å². The summed E-state index contributed by atoms with van der Waals surface area (Å²) in [6.07, 6.45) is 4.76. The van der Waals surface area contributed by atoms with Crippen molar-refractivity contribution >= 4 is 46.2 Å². The van der Waals surface area contributed by atoms with E-state index in [0.29, 0.717) is 15.9 Å². The maximum atomic E-state index is 6.40. The molecule has 1 fully saturated rings. The second kappa shape index (κ2) is 7.76. The summed E-state index contributed by atoms with van der Waals surface area (Å²) in [5.41, 5.74) is 2.50. The molecule has 0 amide bonds. The van der Waals surface area contributed by atoms with Gasteiger partial charge in [-0.05, 0) is 43.2 Å². The zero-order valence-corrected chi connectivity index (χ0v) is 15.2. The second-order valence-corrected chi connectivity index (χ2v) is 6.63. The van der Waals surface area contributed by atoms with Crippen molar-refractivity contribution < 1.29 is 0 Å². The van der Waals surface area contributed by atoms with Crippen molar-refractivity contribution in [3.05, 3.63) is 58.7 Å². The molecule has 2 heterocycles. The molecule has 5 nitrogen and oxygen atoms in total. The summed E-state index contributed by atoms with van der Waals surface area (Å²) in [4.78, 5) is 6.46. The predicted octanol–water partition coefficient (Wildman–Crippen LogP) is 4.86. The van der Waals surface area contributed by atoms with Crippen molar-refractivity contribution in [1.29, 1.82) is 0 Å². The van der Waals surface area contributed by atoms with Crippen molar-refractivity contribution in [1.82, 2.24) is 9.88 Å². The lowest BCUT2D eigenvalue weighted by Gasteiger charge is -2.31. The lowest BCUT2D eigenvalue weighted by atomic mass is 10.1. The smallest absolute Gasteiger partial charge is 0.149 e. The summed E-state index contributed by atoms with van der Waals surface area (Å²) in [6, 6.07) is 9.18. The number of nitrogens with two attached hydrogens (primary N) is 1. The summed E-state index contributed by atoms with van der Waals surface area (Å²) < 4.78 is 0. The van der Waals surface area contributed by atoms with Gasteiger partial charge in [0.1, 0.15) is 11.7 Å². The van der Waals surface area contributed by atoms with Crippen LogP contribution in [-0.2, 0) is 0 Å². The molecule has 130 valence electrons. The fourth-order valence-corrected chi connectivity index (χ4v) is 3.10. The normalized spacial score (nSPS) is 16.1. The van der Waals surface area contributed by atoms with Crippen LogP contribution in [0, 0.1) is 0 Å². The Morgan fingerprint density at radius 1 is 1.24 bits per heavy atom. The van der Waals surface area contributed by atoms with E-state index in [1.807, 2.05) is 23.1 Å². The van der Waals surface area contributed by atoms with E-state index in [0.717, 1.165) is 48.6 Å². The summed E-state index contributed by atoms with van der Waals surface area (Å²) in [5, 5.41) is 8.25. The van der Waals surface area contributed by atoms with Gasteiger partial charge >= 0.3 is 0 Å². The van der Waals surface area contributed by atoms with E-state index in [1.54, 1.807) is 18.3 Å². The van der Waals surface area contributed by atoms with Crippen LogP contribution in [0.5, 0.6) is 0 Å². The molecule has 0 aliphatic carbocycles. The van der Waals surface area contributed by atoms with E-state index in [1.165, 1.54) is 0 Å². The van der Waals surface area contributed by atoms with Gasteiger partial charge in [-0.15, -0.1) is 0 Å². The lowest BCUT2D eigenvalue weighted by Crippen LogP contribution is -2.34. The number of amidine groups is 1. The monoisotopic (exact) mass is 375 g/mol. The molecule has 3 N–H and O–H groups in total. The van der Waals surface area contributed by atoms with E-state index >= 15 is 0 Å². The van der Waals surface area contributed by atoms with Gasteiger partial charge in [0.25, 0.3) is 0 Å². The number of benzene rings is 1. The first-order valence-corrected chi connectivity index (χ1v) is 8.76. The second-order valence-electron chi connectivity index (χ2n) is 5.79. The average molecular weight is 376 g/mol. The van der Waals surface area contributed by atoms with Crippen molar-refractivity contribution in [3.63, 3.8) is 0 Å². The summed E-state index contributed by atoms with van der Waals surface area (Å²) in [7, 11) is 0. The first kappa shape index (κ1) is 17.6. The van der Waals surface area contributed by atoms with Crippen LogP contribution in [0.4, 0.5) is 11.5 Å². The molecule has 2 aromatic rings. The van der Waals surface area contributed by atoms with Crippen LogP contribution in [0.2, 0.25) is 10.0 Å². The SMILES string of the molecule is C=C(c1cnc(Nc2ccc(Cl)cc2)c(Cl)c1)N1CCCC/C1=N/N. The van der Waals surface area contributed by atoms with Gasteiger partial charge in [-0.25, -0.2) is 4.98 Å². The molecule has 0 atom stereocenters. The number of rotatable bonds is 4. The minimum absolute atomic E-state index is 0.511. The van der Waals surface area contributed by atoms with Crippen LogP contribution >= 0.6 is 23.2 Å². The number of pyridine rings is 1. The molecule has 0 spiro atoms. The summed E-state index contributed by atoms with van der Waals surface area (Å²) in [6.45, 7) is 5.01. The third kappa shape index (κ3) is 4.06. The number of piperidine rings is 1. The molecule has 25 heavy (non-hydrogen) atoms. The zero-order valence-electron chi connectivity index (χ0n) is 13.7. The number of aromatic nitrogens is 1. The fourth-order valence-electron chi connectivity index (χ4n) is 2.76. The minimum atomic E-state index is 0.511. The highest BCUT2D eigenvalue weighted by Crippen LogP contribution is 2.29. The highest BCUT2D eigenvalue weighted by molar-refractivity contribution is 6.33. The number of nitrogens with one attached hydrogen (secondary N) is 1. The quantitative estimate of drug-likeness (QED) is 0.591. The molecule has 0 radical (unpaired) electrons. The number of halogens is 2. The van der Waals surface area contributed by atoms with Gasteiger partial charge in [0, 0.05) is 41.1 Å². The number of hydrazone groups is 1. The van der Waals surface area contributed by atoms with Gasteiger partial charge in [0.15, 0.2) is 0 Å². The fraction of sp³-hybridized carbons (Fsp3) is 0.222. The molecule has 1 aliphatic rings. The number of anilines is 2. The Morgan fingerprint density at radius 2 is 2.00 bits per heavy atom. The molecule has 7 heteroatoms. The highest BCUT2D eigenvalue weighted by Gasteiger charge is 2.20. The minimum Gasteiger partial charge on any atom is -0.339 e. The number of hydrogen-bond donors (Lipinski definition) is 2. The largest absolute Gasteiger partial charge is 0.339 e. The molecule has 1 aliphatic heterocycles. The maximum Gasteiger partial charge on any atom is 0.149 e. The summed E-state index contributed by atoms with van der Waals surface area (Å²) >= 11 is 12.3. The first-order valence-electron chi connectivity index (χ1n) is 8.00. The first-order chi connectivity index (χ1) is 12.1. The maximum absolute atomic E-state index is 6.40. The number of likely N-dealkylation sites (tertiary alicyclic amines) is 1. The van der Waals surface area contributed by atoms with Crippen LogP contribution in [0.15, 0.2) is 48.2 Å². The van der Waals surface area contributed by atoms with Gasteiger partial charge in [0.2, 0.25) is 0 Å². The van der Waals surface area contributed by atoms with Crippen molar-refractivity contribution in [2.75, 3.05) is 11.9 Å². The Bertz CT molecular complexity index is 802. The van der Waals surface area contributed by atoms with Crippen LogP contribution < -0.4 is 11.2 Å². The molecule has 0 unspecified atom stereocenters. The van der Waals surface area contributed by atoms with Crippen LogP contribution in [0.25, 0.3) is 5.70 Å². The average Bonchev–Trinajstić information content (AvgIpc) is 2.64. The van der Waals surface area contributed by atoms with Crippen molar-refractivity contribution in [2.45, 2.75) is 19.3 Å². The molecule has 1 aromatic heterocycles. The lowest BCUT2D eigenvalue weighted by molar-refractivity contribution is 0.486. The molecule has 3 rings (SSSR count). The van der Waals surface area contributed by atoms with Gasteiger partial charge in [0.05, 0.1) is 5.02 Å². The molecule has 1 saturated heterocycles. The van der Waals surface area contributed by atoms with E-state index in [-0.39, 0.29) is 0 Å². The topological polar surface area (TPSA) is 66.5 Å². The third-order valence-electron chi connectivity index (χ3n) is 4.10. The van der Waals surface area contributed by atoms with Crippen molar-refractivity contribution in [2.24, 2.45) is 10.9 Å². The zero-order chi connectivity index (χ0) is 17.8. The Labute approximate surface area is 157 Å². The molecular formula is C18H19Cl2N5. The van der Waals surface area contributed by atoms with Gasteiger partial charge < -0.3 is 16.1 Å². The van der Waals surface area contributed by atoms with Crippen molar-refractivity contribution in [3.8, 4) is 0 Å². The highest BCUT2D eigenvalue weighted by atomic mass is 35.5. The number of hydrogen-bond acceptors (Lipinski definition) is 4. The van der Waals surface area contributed by atoms with Crippen LogP contribution in [0.3, 0.4) is 0 Å².